The SMILES string of the molecule is Cc1nn(CC(C)C)c(C)c1CC(=O)N1CCC[C@H]1Cn1ccnn1. The van der Waals surface area contributed by atoms with Gasteiger partial charge in [0.05, 0.1) is 30.9 Å². The van der Waals surface area contributed by atoms with Gasteiger partial charge >= 0.3 is 0 Å². The molecule has 0 aromatic carbocycles. The van der Waals surface area contributed by atoms with Gasteiger partial charge in [0, 0.05) is 30.5 Å². The summed E-state index contributed by atoms with van der Waals surface area (Å²) >= 11 is 0. The molecule has 7 heteroatoms. The minimum absolute atomic E-state index is 0.193. The predicted molar refractivity (Wildman–Crippen MR) is 95.0 cm³/mol. The van der Waals surface area contributed by atoms with Crippen molar-refractivity contribution in [2.75, 3.05) is 6.54 Å². The van der Waals surface area contributed by atoms with Gasteiger partial charge in [0.2, 0.25) is 5.91 Å². The molecule has 1 amide bonds. The van der Waals surface area contributed by atoms with E-state index in [2.05, 4.69) is 36.2 Å². The molecular formula is C18H28N6O. The Kier molecular flexibility index (Phi) is 5.20. The number of hydrogen-bond acceptors (Lipinski definition) is 4. The van der Waals surface area contributed by atoms with Crippen molar-refractivity contribution in [3.63, 3.8) is 0 Å². The summed E-state index contributed by atoms with van der Waals surface area (Å²) in [6.45, 7) is 10.9. The number of carbonyl (C=O) groups excluding carboxylic acids is 1. The van der Waals surface area contributed by atoms with Crippen LogP contribution in [-0.4, -0.2) is 48.2 Å². The first-order chi connectivity index (χ1) is 12.0. The zero-order chi connectivity index (χ0) is 18.0. The summed E-state index contributed by atoms with van der Waals surface area (Å²) < 4.78 is 3.85. The molecule has 0 N–H and O–H groups in total. The molecule has 3 heterocycles. The summed E-state index contributed by atoms with van der Waals surface area (Å²) in [5.74, 6) is 0.727. The molecule has 1 aliphatic rings. The number of nitrogens with zero attached hydrogens (tertiary/aromatic N) is 6. The fourth-order valence-electron chi connectivity index (χ4n) is 3.67. The van der Waals surface area contributed by atoms with Crippen LogP contribution in [0.25, 0.3) is 0 Å². The number of aromatic nitrogens is 5. The van der Waals surface area contributed by atoms with Gasteiger partial charge in [-0.25, -0.2) is 0 Å². The summed E-state index contributed by atoms with van der Waals surface area (Å²) in [6.07, 6.45) is 6.04. The maximum atomic E-state index is 12.9. The number of amides is 1. The Hall–Kier alpha value is -2.18. The second-order valence-electron chi connectivity index (χ2n) is 7.41. The Morgan fingerprint density at radius 1 is 1.36 bits per heavy atom. The largest absolute Gasteiger partial charge is 0.338 e. The Morgan fingerprint density at radius 2 is 2.16 bits per heavy atom. The van der Waals surface area contributed by atoms with Gasteiger partial charge < -0.3 is 4.90 Å². The monoisotopic (exact) mass is 344 g/mol. The zero-order valence-corrected chi connectivity index (χ0v) is 15.6. The first-order valence-corrected chi connectivity index (χ1v) is 9.12. The van der Waals surface area contributed by atoms with Crippen LogP contribution in [0.2, 0.25) is 0 Å². The first kappa shape index (κ1) is 17.6. The lowest BCUT2D eigenvalue weighted by Gasteiger charge is -2.24. The lowest BCUT2D eigenvalue weighted by Crippen LogP contribution is -2.39. The second kappa shape index (κ2) is 7.37. The van der Waals surface area contributed by atoms with Gasteiger partial charge in [-0.05, 0) is 32.6 Å². The molecule has 0 spiro atoms. The zero-order valence-electron chi connectivity index (χ0n) is 15.6. The van der Waals surface area contributed by atoms with Gasteiger partial charge in [0.1, 0.15) is 0 Å². The molecule has 1 aliphatic heterocycles. The number of rotatable bonds is 6. The van der Waals surface area contributed by atoms with Crippen molar-refractivity contribution in [3.05, 3.63) is 29.3 Å². The highest BCUT2D eigenvalue weighted by atomic mass is 16.2. The Labute approximate surface area is 149 Å². The molecule has 1 saturated heterocycles. The highest BCUT2D eigenvalue weighted by Crippen LogP contribution is 2.22. The smallest absolute Gasteiger partial charge is 0.227 e. The van der Waals surface area contributed by atoms with Crippen molar-refractivity contribution in [2.45, 2.75) is 66.1 Å². The van der Waals surface area contributed by atoms with E-state index in [-0.39, 0.29) is 11.9 Å². The molecule has 2 aromatic heterocycles. The average molecular weight is 344 g/mol. The van der Waals surface area contributed by atoms with E-state index in [4.69, 9.17) is 0 Å². The first-order valence-electron chi connectivity index (χ1n) is 9.12. The third-order valence-electron chi connectivity index (χ3n) is 4.96. The molecule has 25 heavy (non-hydrogen) atoms. The van der Waals surface area contributed by atoms with Crippen LogP contribution >= 0.6 is 0 Å². The van der Waals surface area contributed by atoms with E-state index in [0.29, 0.717) is 12.3 Å². The van der Waals surface area contributed by atoms with Crippen LogP contribution < -0.4 is 0 Å². The Balaban J connectivity index is 1.70. The van der Waals surface area contributed by atoms with Crippen molar-refractivity contribution in [2.24, 2.45) is 5.92 Å². The summed E-state index contributed by atoms with van der Waals surface area (Å²) in [4.78, 5) is 14.9. The molecule has 1 atom stereocenters. The van der Waals surface area contributed by atoms with Gasteiger partial charge in [-0.2, -0.15) is 5.10 Å². The van der Waals surface area contributed by atoms with E-state index >= 15 is 0 Å². The third-order valence-corrected chi connectivity index (χ3v) is 4.96. The maximum absolute atomic E-state index is 12.9. The third kappa shape index (κ3) is 3.91. The van der Waals surface area contributed by atoms with Crippen LogP contribution in [0.3, 0.4) is 0 Å². The van der Waals surface area contributed by atoms with Crippen LogP contribution in [0.1, 0.15) is 43.6 Å². The van der Waals surface area contributed by atoms with Gasteiger partial charge in [-0.3, -0.25) is 14.2 Å². The van der Waals surface area contributed by atoms with E-state index in [1.807, 2.05) is 27.4 Å². The summed E-state index contributed by atoms with van der Waals surface area (Å²) in [5.41, 5.74) is 3.17. The van der Waals surface area contributed by atoms with Crippen LogP contribution in [-0.2, 0) is 24.3 Å². The van der Waals surface area contributed by atoms with Crippen molar-refractivity contribution >= 4 is 5.91 Å². The van der Waals surface area contributed by atoms with Gasteiger partial charge in [0.15, 0.2) is 0 Å². The molecule has 3 rings (SSSR count). The van der Waals surface area contributed by atoms with Gasteiger partial charge in [-0.15, -0.1) is 5.10 Å². The number of likely N-dealkylation sites (tertiary alicyclic amines) is 1. The Morgan fingerprint density at radius 3 is 2.84 bits per heavy atom. The molecular weight excluding hydrogens is 316 g/mol. The summed E-state index contributed by atoms with van der Waals surface area (Å²) in [5, 5.41) is 12.5. The number of aryl methyl sites for hydroxylation is 1. The molecule has 1 fully saturated rings. The molecule has 0 aliphatic carbocycles. The number of hydrogen-bond donors (Lipinski definition) is 0. The highest BCUT2D eigenvalue weighted by molar-refractivity contribution is 5.80. The minimum atomic E-state index is 0.193. The maximum Gasteiger partial charge on any atom is 0.227 e. The molecule has 7 nitrogen and oxygen atoms in total. The van der Waals surface area contributed by atoms with Crippen LogP contribution in [0.5, 0.6) is 0 Å². The summed E-state index contributed by atoms with van der Waals surface area (Å²) in [7, 11) is 0. The highest BCUT2D eigenvalue weighted by Gasteiger charge is 2.30. The second-order valence-corrected chi connectivity index (χ2v) is 7.41. The van der Waals surface area contributed by atoms with Crippen molar-refractivity contribution in [3.8, 4) is 0 Å². The fourth-order valence-corrected chi connectivity index (χ4v) is 3.67. The van der Waals surface area contributed by atoms with E-state index < -0.39 is 0 Å². The van der Waals surface area contributed by atoms with Crippen LogP contribution in [0, 0.1) is 19.8 Å². The average Bonchev–Trinajstić information content (AvgIpc) is 3.26. The van der Waals surface area contributed by atoms with Crippen LogP contribution in [0.15, 0.2) is 12.4 Å². The molecule has 136 valence electrons. The standard InChI is InChI=1S/C18H28N6O/c1-13(2)11-24-15(4)17(14(3)20-24)10-18(25)23-8-5-6-16(23)12-22-9-7-19-21-22/h7,9,13,16H,5-6,8,10-12H2,1-4H3/t16-/m0/s1. The minimum Gasteiger partial charge on any atom is -0.338 e. The fraction of sp³-hybridized carbons (Fsp3) is 0.667. The molecule has 0 bridgehead atoms. The summed E-state index contributed by atoms with van der Waals surface area (Å²) in [6, 6.07) is 0.209. The van der Waals surface area contributed by atoms with Crippen molar-refractivity contribution < 1.29 is 4.79 Å². The lowest BCUT2D eigenvalue weighted by atomic mass is 10.1. The lowest BCUT2D eigenvalue weighted by molar-refractivity contribution is -0.131. The van der Waals surface area contributed by atoms with E-state index in [9.17, 15) is 4.79 Å². The molecule has 0 saturated carbocycles. The van der Waals surface area contributed by atoms with E-state index in [1.54, 1.807) is 6.20 Å². The number of carbonyl (C=O) groups is 1. The van der Waals surface area contributed by atoms with E-state index in [0.717, 1.165) is 49.4 Å². The quantitative estimate of drug-likeness (QED) is 0.803. The van der Waals surface area contributed by atoms with Gasteiger partial charge in [0.25, 0.3) is 0 Å². The van der Waals surface area contributed by atoms with E-state index in [1.165, 1.54) is 0 Å². The molecule has 2 aromatic rings. The normalized spacial score (nSPS) is 17.6. The van der Waals surface area contributed by atoms with Crippen molar-refractivity contribution in [1.29, 1.82) is 0 Å². The topological polar surface area (TPSA) is 68.8 Å². The van der Waals surface area contributed by atoms with Crippen LogP contribution in [0.4, 0.5) is 0 Å². The molecule has 0 unspecified atom stereocenters. The Bertz CT molecular complexity index is 718. The van der Waals surface area contributed by atoms with Crippen molar-refractivity contribution in [1.82, 2.24) is 29.7 Å². The predicted octanol–water partition coefficient (Wildman–Crippen LogP) is 1.98. The molecule has 0 radical (unpaired) electrons. The van der Waals surface area contributed by atoms with Gasteiger partial charge in [-0.1, -0.05) is 19.1 Å².